The Morgan fingerprint density at radius 2 is 2.23 bits per heavy atom. The van der Waals surface area contributed by atoms with E-state index in [1.54, 1.807) is 18.2 Å². The van der Waals surface area contributed by atoms with Gasteiger partial charge in [-0.05, 0) is 18.2 Å². The summed E-state index contributed by atoms with van der Waals surface area (Å²) in [5, 5.41) is 8.59. The summed E-state index contributed by atoms with van der Waals surface area (Å²) >= 11 is 0. The number of imidazole rings is 1. The largest absolute Gasteiger partial charge is 0.369 e. The maximum absolute atomic E-state index is 8.59. The number of nitrogen functional groups attached to an aromatic ring is 1. The Morgan fingerprint density at radius 1 is 1.46 bits per heavy atom. The van der Waals surface area contributed by atoms with E-state index in [1.807, 2.05) is 6.07 Å². The minimum Gasteiger partial charge on any atom is -0.369 e. The normalized spacial score (nSPS) is 9.15. The molecule has 13 heavy (non-hydrogen) atoms. The molecule has 1 aromatic carbocycles. The van der Waals surface area contributed by atoms with Gasteiger partial charge in [0, 0.05) is 0 Å². The zero-order chi connectivity index (χ0) is 8.55. The fourth-order valence-electron chi connectivity index (χ4n) is 1.10. The van der Waals surface area contributed by atoms with Gasteiger partial charge < -0.3 is 10.7 Å². The van der Waals surface area contributed by atoms with Crippen LogP contribution >= 0.6 is 12.4 Å². The number of benzene rings is 1. The number of nitrogens with two attached hydrogens (primary N) is 1. The molecule has 2 rings (SSSR count). The van der Waals surface area contributed by atoms with Gasteiger partial charge in [-0.2, -0.15) is 5.26 Å². The van der Waals surface area contributed by atoms with Crippen LogP contribution in [0.5, 0.6) is 0 Å². The number of fused-ring (bicyclic) bond motifs is 1. The molecule has 5 heteroatoms. The lowest BCUT2D eigenvalue weighted by Crippen LogP contribution is -1.84. The number of nitriles is 1. The number of aromatic nitrogens is 2. The van der Waals surface area contributed by atoms with Crippen LogP contribution in [0.1, 0.15) is 5.56 Å². The molecule has 0 radical (unpaired) electrons. The van der Waals surface area contributed by atoms with Crippen LogP contribution in [-0.4, -0.2) is 9.97 Å². The Kier molecular flexibility index (Phi) is 2.40. The number of aromatic amines is 1. The third kappa shape index (κ3) is 1.55. The third-order valence-corrected chi connectivity index (χ3v) is 1.63. The summed E-state index contributed by atoms with van der Waals surface area (Å²) < 4.78 is 0. The average Bonchev–Trinajstić information content (AvgIpc) is 2.43. The number of rotatable bonds is 0. The lowest BCUT2D eigenvalue weighted by molar-refractivity contribution is 1.35. The molecular weight excluding hydrogens is 188 g/mol. The summed E-state index contributed by atoms with van der Waals surface area (Å²) in [7, 11) is 0. The van der Waals surface area contributed by atoms with E-state index in [4.69, 9.17) is 11.0 Å². The van der Waals surface area contributed by atoms with Crippen LogP contribution in [-0.2, 0) is 0 Å². The van der Waals surface area contributed by atoms with Gasteiger partial charge in [0.15, 0.2) is 5.95 Å². The van der Waals surface area contributed by atoms with Gasteiger partial charge >= 0.3 is 0 Å². The van der Waals surface area contributed by atoms with Gasteiger partial charge in [0.05, 0.1) is 22.7 Å². The van der Waals surface area contributed by atoms with Crippen molar-refractivity contribution in [3.8, 4) is 6.07 Å². The van der Waals surface area contributed by atoms with Crippen molar-refractivity contribution in [2.45, 2.75) is 0 Å². The Labute approximate surface area is 80.8 Å². The highest BCUT2D eigenvalue weighted by molar-refractivity contribution is 5.85. The van der Waals surface area contributed by atoms with Crippen LogP contribution < -0.4 is 5.73 Å². The molecule has 0 fully saturated rings. The first-order valence-corrected chi connectivity index (χ1v) is 3.45. The molecule has 0 atom stereocenters. The van der Waals surface area contributed by atoms with Gasteiger partial charge in [-0.25, -0.2) is 4.98 Å². The number of nitrogens with one attached hydrogen (secondary N) is 1. The highest BCUT2D eigenvalue weighted by atomic mass is 35.5. The Morgan fingerprint density at radius 3 is 2.92 bits per heavy atom. The van der Waals surface area contributed by atoms with Crippen LogP contribution in [0.25, 0.3) is 11.0 Å². The van der Waals surface area contributed by atoms with E-state index >= 15 is 0 Å². The molecule has 3 N–H and O–H groups in total. The summed E-state index contributed by atoms with van der Waals surface area (Å²) in [4.78, 5) is 6.85. The van der Waals surface area contributed by atoms with Crippen LogP contribution in [0.4, 0.5) is 5.95 Å². The van der Waals surface area contributed by atoms with E-state index in [0.717, 1.165) is 11.0 Å². The van der Waals surface area contributed by atoms with E-state index < -0.39 is 0 Å². The predicted molar refractivity (Wildman–Crippen MR) is 52.5 cm³/mol. The van der Waals surface area contributed by atoms with Gasteiger partial charge in [0.1, 0.15) is 0 Å². The maximum atomic E-state index is 8.59. The number of H-pyrrole nitrogens is 1. The standard InChI is InChI=1S/C8H6N4.ClH/c9-4-5-1-2-6-7(3-5)12-8(10)11-6;/h1-3H,(H3,10,11,12);1H. The molecule has 0 bridgehead atoms. The lowest BCUT2D eigenvalue weighted by Gasteiger charge is -1.86. The molecule has 4 nitrogen and oxygen atoms in total. The minimum atomic E-state index is 0. The van der Waals surface area contributed by atoms with Crippen molar-refractivity contribution in [3.63, 3.8) is 0 Å². The Hall–Kier alpha value is -1.73. The summed E-state index contributed by atoms with van der Waals surface area (Å²) in [6.45, 7) is 0. The van der Waals surface area contributed by atoms with E-state index in [2.05, 4.69) is 9.97 Å². The predicted octanol–water partition coefficient (Wildman–Crippen LogP) is 1.44. The monoisotopic (exact) mass is 194 g/mol. The van der Waals surface area contributed by atoms with Gasteiger partial charge in [0.25, 0.3) is 0 Å². The lowest BCUT2D eigenvalue weighted by atomic mass is 10.2. The van der Waals surface area contributed by atoms with Gasteiger partial charge in [-0.15, -0.1) is 12.4 Å². The Bertz CT molecular complexity index is 468. The van der Waals surface area contributed by atoms with Crippen LogP contribution in [0.3, 0.4) is 0 Å². The minimum absolute atomic E-state index is 0. The second-order valence-corrected chi connectivity index (χ2v) is 2.47. The number of hydrogen-bond donors (Lipinski definition) is 2. The van der Waals surface area contributed by atoms with E-state index in [-0.39, 0.29) is 12.4 Å². The van der Waals surface area contributed by atoms with Crippen molar-refractivity contribution >= 4 is 29.4 Å². The van der Waals surface area contributed by atoms with Crippen LogP contribution in [0, 0.1) is 11.3 Å². The first-order chi connectivity index (χ1) is 5.79. The molecule has 1 aromatic heterocycles. The first-order valence-electron chi connectivity index (χ1n) is 3.45. The zero-order valence-electron chi connectivity index (χ0n) is 6.61. The SMILES string of the molecule is Cl.N#Cc1ccc2nc(N)[nH]c2c1. The van der Waals surface area contributed by atoms with Crippen LogP contribution in [0.15, 0.2) is 18.2 Å². The van der Waals surface area contributed by atoms with Gasteiger partial charge in [-0.1, -0.05) is 0 Å². The van der Waals surface area contributed by atoms with Gasteiger partial charge in [-0.3, -0.25) is 0 Å². The molecule has 0 aliphatic carbocycles. The summed E-state index contributed by atoms with van der Waals surface area (Å²) in [6, 6.07) is 7.24. The topological polar surface area (TPSA) is 78.5 Å². The van der Waals surface area contributed by atoms with Gasteiger partial charge in [0.2, 0.25) is 0 Å². The molecule has 66 valence electrons. The molecule has 0 saturated carbocycles. The fourth-order valence-corrected chi connectivity index (χ4v) is 1.10. The Balaban J connectivity index is 0.000000845. The molecule has 0 amide bonds. The second-order valence-electron chi connectivity index (χ2n) is 2.47. The molecule has 2 aromatic rings. The third-order valence-electron chi connectivity index (χ3n) is 1.63. The second kappa shape index (κ2) is 3.33. The highest BCUT2D eigenvalue weighted by Crippen LogP contribution is 2.13. The van der Waals surface area contributed by atoms with E-state index in [1.165, 1.54) is 0 Å². The molecule has 0 unspecified atom stereocenters. The van der Waals surface area contributed by atoms with Crippen molar-refractivity contribution in [3.05, 3.63) is 23.8 Å². The molecule has 0 aliphatic heterocycles. The first kappa shape index (κ1) is 9.36. The summed E-state index contributed by atoms with van der Waals surface area (Å²) in [5.74, 6) is 0.375. The molecule has 0 spiro atoms. The molecule has 1 heterocycles. The fraction of sp³-hybridized carbons (Fsp3) is 0. The molecular formula is C8H7ClN4. The molecule has 0 aliphatic rings. The van der Waals surface area contributed by atoms with Crippen LogP contribution in [0.2, 0.25) is 0 Å². The van der Waals surface area contributed by atoms with Crippen molar-refractivity contribution in [1.82, 2.24) is 9.97 Å². The van der Waals surface area contributed by atoms with Crippen molar-refractivity contribution < 1.29 is 0 Å². The van der Waals surface area contributed by atoms with Crippen molar-refractivity contribution in [1.29, 1.82) is 5.26 Å². The number of nitrogens with zero attached hydrogens (tertiary/aromatic N) is 2. The maximum Gasteiger partial charge on any atom is 0.198 e. The highest BCUT2D eigenvalue weighted by Gasteiger charge is 1.99. The van der Waals surface area contributed by atoms with Crippen molar-refractivity contribution in [2.24, 2.45) is 0 Å². The average molecular weight is 195 g/mol. The molecule has 0 saturated heterocycles. The van der Waals surface area contributed by atoms with E-state index in [0.29, 0.717) is 11.5 Å². The van der Waals surface area contributed by atoms with E-state index in [9.17, 15) is 0 Å². The summed E-state index contributed by atoms with van der Waals surface area (Å²) in [6.07, 6.45) is 0. The smallest absolute Gasteiger partial charge is 0.198 e. The van der Waals surface area contributed by atoms with Crippen molar-refractivity contribution in [2.75, 3.05) is 5.73 Å². The number of halogens is 1. The quantitative estimate of drug-likeness (QED) is 0.666. The number of anilines is 1. The summed E-state index contributed by atoms with van der Waals surface area (Å²) in [5.41, 5.74) is 7.62. The number of hydrogen-bond acceptors (Lipinski definition) is 3. The zero-order valence-corrected chi connectivity index (χ0v) is 7.43.